The zero-order chi connectivity index (χ0) is 13.1. The molecule has 0 spiro atoms. The van der Waals surface area contributed by atoms with Crippen LogP contribution in [0.5, 0.6) is 0 Å². The van der Waals surface area contributed by atoms with E-state index in [4.69, 9.17) is 0 Å². The van der Waals surface area contributed by atoms with Crippen molar-refractivity contribution in [3.8, 4) is 0 Å². The van der Waals surface area contributed by atoms with Gasteiger partial charge in [-0.05, 0) is 12.1 Å². The molecule has 0 bridgehead atoms. The minimum Gasteiger partial charge on any atom is -0.362 e. The normalized spacial score (nSPS) is 15.2. The van der Waals surface area contributed by atoms with Crippen LogP contribution in [0.2, 0.25) is 0 Å². The van der Waals surface area contributed by atoms with Crippen molar-refractivity contribution in [2.24, 2.45) is 0 Å². The lowest BCUT2D eigenvalue weighted by Crippen LogP contribution is -2.50. The Morgan fingerprint density at radius 1 is 1.50 bits per heavy atom. The minimum absolute atomic E-state index is 0.112. The second-order valence-corrected chi connectivity index (χ2v) is 4.35. The van der Waals surface area contributed by atoms with Gasteiger partial charge in [0.15, 0.2) is 0 Å². The molecular formula is C12H16N4O2. The van der Waals surface area contributed by atoms with Gasteiger partial charge in [-0.25, -0.2) is 4.98 Å². The fourth-order valence-corrected chi connectivity index (χ4v) is 1.90. The van der Waals surface area contributed by atoms with Crippen LogP contribution in [-0.2, 0) is 4.79 Å². The lowest BCUT2D eigenvalue weighted by atomic mass is 10.2. The van der Waals surface area contributed by atoms with Gasteiger partial charge >= 0.3 is 0 Å². The summed E-state index contributed by atoms with van der Waals surface area (Å²) in [6, 6.07) is 3.46. The first kappa shape index (κ1) is 12.3. The average Bonchev–Trinajstić information content (AvgIpc) is 2.38. The maximum atomic E-state index is 12.3. The predicted octanol–water partition coefficient (Wildman–Crippen LogP) is -0.280. The molecule has 1 aromatic rings. The molecule has 0 saturated carbocycles. The lowest BCUT2D eigenvalue weighted by Gasteiger charge is -2.27. The number of hydrogen-bond donors (Lipinski definition) is 1. The topological polar surface area (TPSA) is 65.5 Å². The number of amides is 2. The Labute approximate surface area is 106 Å². The molecule has 18 heavy (non-hydrogen) atoms. The fourth-order valence-electron chi connectivity index (χ4n) is 1.90. The summed E-state index contributed by atoms with van der Waals surface area (Å²) in [5.41, 5.74) is 0.525. The van der Waals surface area contributed by atoms with Crippen LogP contribution >= 0.6 is 0 Å². The third-order valence-corrected chi connectivity index (χ3v) is 2.77. The number of pyridine rings is 1. The molecule has 1 aromatic heterocycles. The summed E-state index contributed by atoms with van der Waals surface area (Å²) in [7, 11) is 3.67. The van der Waals surface area contributed by atoms with Crippen LogP contribution in [0.4, 0.5) is 5.82 Å². The van der Waals surface area contributed by atoms with E-state index in [1.807, 2.05) is 14.1 Å². The molecule has 1 aliphatic rings. The second-order valence-electron chi connectivity index (χ2n) is 4.35. The molecule has 0 aliphatic carbocycles. The Morgan fingerprint density at radius 2 is 2.28 bits per heavy atom. The Bertz CT molecular complexity index is 473. The highest BCUT2D eigenvalue weighted by Gasteiger charge is 2.24. The molecule has 1 aliphatic heterocycles. The summed E-state index contributed by atoms with van der Waals surface area (Å²) in [6.45, 7) is 1.15. The molecule has 2 heterocycles. The zero-order valence-corrected chi connectivity index (χ0v) is 10.5. The monoisotopic (exact) mass is 248 g/mol. The van der Waals surface area contributed by atoms with Crippen molar-refractivity contribution in [1.82, 2.24) is 15.2 Å². The van der Waals surface area contributed by atoms with Crippen LogP contribution in [0.25, 0.3) is 0 Å². The van der Waals surface area contributed by atoms with E-state index in [1.165, 1.54) is 0 Å². The van der Waals surface area contributed by atoms with Crippen molar-refractivity contribution in [3.63, 3.8) is 0 Å². The van der Waals surface area contributed by atoms with Crippen molar-refractivity contribution >= 4 is 17.6 Å². The second kappa shape index (κ2) is 5.03. The van der Waals surface area contributed by atoms with Crippen molar-refractivity contribution < 1.29 is 9.59 Å². The molecule has 6 nitrogen and oxygen atoms in total. The molecule has 0 unspecified atom stereocenters. The van der Waals surface area contributed by atoms with Crippen LogP contribution in [-0.4, -0.2) is 55.4 Å². The van der Waals surface area contributed by atoms with E-state index in [0.29, 0.717) is 24.5 Å². The van der Waals surface area contributed by atoms with Crippen molar-refractivity contribution in [2.45, 2.75) is 0 Å². The summed E-state index contributed by atoms with van der Waals surface area (Å²) < 4.78 is 0. The third kappa shape index (κ3) is 2.42. The Morgan fingerprint density at radius 3 is 2.94 bits per heavy atom. The maximum absolute atomic E-state index is 12.3. The van der Waals surface area contributed by atoms with Crippen molar-refractivity contribution in [1.29, 1.82) is 0 Å². The van der Waals surface area contributed by atoms with Gasteiger partial charge in [0.05, 0.1) is 12.1 Å². The van der Waals surface area contributed by atoms with E-state index < -0.39 is 0 Å². The number of piperazine rings is 1. The van der Waals surface area contributed by atoms with Crippen LogP contribution in [0.15, 0.2) is 18.3 Å². The van der Waals surface area contributed by atoms with Gasteiger partial charge in [-0.2, -0.15) is 0 Å². The van der Waals surface area contributed by atoms with Gasteiger partial charge in [0.1, 0.15) is 5.82 Å². The number of anilines is 1. The number of carbonyl (C=O) groups excluding carboxylic acids is 2. The molecular weight excluding hydrogens is 232 g/mol. The molecule has 0 atom stereocenters. The van der Waals surface area contributed by atoms with Gasteiger partial charge in [-0.15, -0.1) is 0 Å². The molecule has 96 valence electrons. The molecule has 2 amide bonds. The van der Waals surface area contributed by atoms with E-state index >= 15 is 0 Å². The number of rotatable bonds is 2. The van der Waals surface area contributed by atoms with Gasteiger partial charge in [-0.3, -0.25) is 9.59 Å². The summed E-state index contributed by atoms with van der Waals surface area (Å²) in [4.78, 5) is 31.2. The van der Waals surface area contributed by atoms with Gasteiger partial charge in [0.2, 0.25) is 5.91 Å². The predicted molar refractivity (Wildman–Crippen MR) is 67.5 cm³/mol. The first-order chi connectivity index (χ1) is 8.59. The van der Waals surface area contributed by atoms with Gasteiger partial charge < -0.3 is 15.1 Å². The van der Waals surface area contributed by atoms with Crippen molar-refractivity contribution in [3.05, 3.63) is 23.9 Å². The highest BCUT2D eigenvalue weighted by atomic mass is 16.2. The number of aromatic nitrogens is 1. The smallest absolute Gasteiger partial charge is 0.258 e. The lowest BCUT2D eigenvalue weighted by molar-refractivity contribution is -0.123. The van der Waals surface area contributed by atoms with E-state index in [9.17, 15) is 9.59 Å². The van der Waals surface area contributed by atoms with Gasteiger partial charge in [0, 0.05) is 33.4 Å². The summed E-state index contributed by atoms with van der Waals surface area (Å²) >= 11 is 0. The average molecular weight is 248 g/mol. The minimum atomic E-state index is -0.151. The highest BCUT2D eigenvalue weighted by Crippen LogP contribution is 2.17. The molecule has 0 radical (unpaired) electrons. The number of nitrogens with zero attached hydrogens (tertiary/aromatic N) is 3. The van der Waals surface area contributed by atoms with Crippen LogP contribution in [0, 0.1) is 0 Å². The quantitative estimate of drug-likeness (QED) is 0.781. The number of hydrogen-bond acceptors (Lipinski definition) is 4. The van der Waals surface area contributed by atoms with E-state index in [1.54, 1.807) is 28.1 Å². The van der Waals surface area contributed by atoms with Crippen molar-refractivity contribution in [2.75, 3.05) is 38.6 Å². The van der Waals surface area contributed by atoms with Crippen LogP contribution in [0.3, 0.4) is 0 Å². The summed E-state index contributed by atoms with van der Waals surface area (Å²) in [5.74, 6) is 0.347. The molecule has 6 heteroatoms. The van der Waals surface area contributed by atoms with E-state index in [2.05, 4.69) is 10.3 Å². The highest BCUT2D eigenvalue weighted by molar-refractivity contribution is 6.00. The molecule has 2 rings (SSSR count). The molecule has 1 N–H and O–H groups in total. The van der Waals surface area contributed by atoms with E-state index in [0.717, 1.165) is 0 Å². The molecule has 1 saturated heterocycles. The van der Waals surface area contributed by atoms with Crippen LogP contribution < -0.4 is 10.2 Å². The van der Waals surface area contributed by atoms with Gasteiger partial charge in [0.25, 0.3) is 5.91 Å². The van der Waals surface area contributed by atoms with Gasteiger partial charge in [-0.1, -0.05) is 0 Å². The Balaban J connectivity index is 2.25. The fraction of sp³-hybridized carbons (Fsp3) is 0.417. The van der Waals surface area contributed by atoms with E-state index in [-0.39, 0.29) is 18.4 Å². The standard InChI is InChI=1S/C12H16N4O2/c1-15(2)11-9(4-3-5-14-11)12(18)16-7-6-13-10(17)8-16/h3-5H,6-8H2,1-2H3,(H,13,17). The summed E-state index contributed by atoms with van der Waals surface area (Å²) in [5, 5.41) is 2.70. The summed E-state index contributed by atoms with van der Waals surface area (Å²) in [6.07, 6.45) is 1.65. The number of nitrogens with one attached hydrogen (secondary N) is 1. The Hall–Kier alpha value is -2.11. The third-order valence-electron chi connectivity index (χ3n) is 2.77. The SMILES string of the molecule is CN(C)c1ncccc1C(=O)N1CCNC(=O)C1. The molecule has 0 aromatic carbocycles. The maximum Gasteiger partial charge on any atom is 0.258 e. The first-order valence-electron chi connectivity index (χ1n) is 5.78. The Kier molecular flexibility index (Phi) is 3.45. The number of carbonyl (C=O) groups is 2. The molecule has 1 fully saturated rings. The first-order valence-corrected chi connectivity index (χ1v) is 5.78. The largest absolute Gasteiger partial charge is 0.362 e. The zero-order valence-electron chi connectivity index (χ0n) is 10.5. The van der Waals surface area contributed by atoms with Crippen LogP contribution in [0.1, 0.15) is 10.4 Å².